The lowest BCUT2D eigenvalue weighted by atomic mass is 10.2. The summed E-state index contributed by atoms with van der Waals surface area (Å²) in [7, 11) is 0. The summed E-state index contributed by atoms with van der Waals surface area (Å²) in [4.78, 5) is 42.6. The molecule has 1 atom stereocenters. The van der Waals surface area contributed by atoms with Crippen LogP contribution in [0.5, 0.6) is 0 Å². The van der Waals surface area contributed by atoms with E-state index in [1.807, 2.05) is 9.80 Å². The minimum absolute atomic E-state index is 0.101. The van der Waals surface area contributed by atoms with Crippen LogP contribution in [0.2, 0.25) is 0 Å². The van der Waals surface area contributed by atoms with Crippen LogP contribution in [0.1, 0.15) is 0 Å². The number of carbonyl (C=O) groups is 3. The van der Waals surface area contributed by atoms with Crippen LogP contribution in [-0.4, -0.2) is 202 Å². The van der Waals surface area contributed by atoms with Gasteiger partial charge >= 0.3 is 0 Å². The SMILES string of the molecule is O=C([O-])CN1CCN(CC(=O)[O-])CCN(CC(O)CN(CCOCCO)CCOCCO)CCN(CC(=O)[O-])CC1. The Labute approximate surface area is 241 Å². The van der Waals surface area contributed by atoms with Gasteiger partial charge in [-0.15, -0.1) is 0 Å². The molecule has 0 aromatic rings. The first-order chi connectivity index (χ1) is 19.6. The summed E-state index contributed by atoms with van der Waals surface area (Å²) in [5.41, 5.74) is 0. The Balaban J connectivity index is 2.92. The summed E-state index contributed by atoms with van der Waals surface area (Å²) in [5, 5.41) is 62.7. The first-order valence-electron chi connectivity index (χ1n) is 13.9. The quantitative estimate of drug-likeness (QED) is 0.112. The summed E-state index contributed by atoms with van der Waals surface area (Å²) >= 11 is 0. The Hall–Kier alpha value is -1.99. The molecule has 0 bridgehead atoms. The second kappa shape index (κ2) is 22.6. The average molecular weight is 593 g/mol. The highest BCUT2D eigenvalue weighted by atomic mass is 16.5. The van der Waals surface area contributed by atoms with Crippen molar-refractivity contribution in [3.8, 4) is 0 Å². The lowest BCUT2D eigenvalue weighted by molar-refractivity contribution is -0.308. The van der Waals surface area contributed by atoms with Crippen LogP contribution < -0.4 is 15.3 Å². The summed E-state index contributed by atoms with van der Waals surface area (Å²) in [6.45, 7) is 3.51. The molecule has 0 aromatic carbocycles. The van der Waals surface area contributed by atoms with Gasteiger partial charge in [-0.05, 0) is 0 Å². The Morgan fingerprint density at radius 3 is 1.29 bits per heavy atom. The number of hydrogen-bond acceptors (Lipinski definition) is 16. The fraction of sp³-hybridized carbons (Fsp3) is 0.880. The second-order valence-corrected chi connectivity index (χ2v) is 9.87. The summed E-state index contributed by atoms with van der Waals surface area (Å²) in [6.07, 6.45) is -0.818. The normalized spacial score (nSPS) is 18.1. The first-order valence-corrected chi connectivity index (χ1v) is 13.9. The fourth-order valence-electron chi connectivity index (χ4n) is 4.45. The van der Waals surface area contributed by atoms with Gasteiger partial charge in [-0.3, -0.25) is 24.5 Å². The van der Waals surface area contributed by atoms with E-state index < -0.39 is 24.0 Å². The predicted octanol–water partition coefficient (Wildman–Crippen LogP) is -7.86. The summed E-state index contributed by atoms with van der Waals surface area (Å²) < 4.78 is 10.7. The molecule has 240 valence electrons. The maximum absolute atomic E-state index is 11.3. The van der Waals surface area contributed by atoms with E-state index in [4.69, 9.17) is 19.7 Å². The zero-order valence-electron chi connectivity index (χ0n) is 23.8. The molecule has 0 aromatic heterocycles. The minimum Gasteiger partial charge on any atom is -0.549 e. The molecule has 1 heterocycles. The van der Waals surface area contributed by atoms with Crippen molar-refractivity contribution in [2.75, 3.05) is 138 Å². The molecule has 1 fully saturated rings. The highest BCUT2D eigenvalue weighted by Gasteiger charge is 2.20. The molecule has 0 aliphatic carbocycles. The molecular weight excluding hydrogens is 546 g/mol. The van der Waals surface area contributed by atoms with Crippen molar-refractivity contribution in [1.82, 2.24) is 24.5 Å². The number of rotatable bonds is 20. The van der Waals surface area contributed by atoms with E-state index in [-0.39, 0.29) is 85.3 Å². The molecule has 1 rings (SSSR count). The monoisotopic (exact) mass is 592 g/mol. The van der Waals surface area contributed by atoms with Gasteiger partial charge in [-0.25, -0.2) is 0 Å². The topological polar surface area (TPSA) is 216 Å². The number of β-amino-alcohol motifs (C(OH)–C–C–N with tert-alkyl or cyclic N) is 1. The Morgan fingerprint density at radius 1 is 0.634 bits per heavy atom. The molecule has 1 saturated heterocycles. The molecule has 0 spiro atoms. The maximum Gasteiger partial charge on any atom is 0.0793 e. The second-order valence-electron chi connectivity index (χ2n) is 9.87. The minimum atomic E-state index is -1.29. The Kier molecular flexibility index (Phi) is 20.4. The maximum atomic E-state index is 11.3. The molecule has 1 unspecified atom stereocenters. The van der Waals surface area contributed by atoms with Gasteiger partial charge in [0.15, 0.2) is 0 Å². The lowest BCUT2D eigenvalue weighted by Crippen LogP contribution is -2.52. The fourth-order valence-corrected chi connectivity index (χ4v) is 4.45. The van der Waals surface area contributed by atoms with E-state index >= 15 is 0 Å². The third-order valence-corrected chi connectivity index (χ3v) is 6.50. The number of hydrogen-bond donors (Lipinski definition) is 3. The molecular formula is C25H46N5O11-3. The van der Waals surface area contributed by atoms with E-state index in [9.17, 15) is 34.8 Å². The van der Waals surface area contributed by atoms with Gasteiger partial charge in [0.1, 0.15) is 0 Å². The van der Waals surface area contributed by atoms with Crippen LogP contribution in [0.4, 0.5) is 0 Å². The van der Waals surface area contributed by atoms with Crippen LogP contribution in [0.3, 0.4) is 0 Å². The van der Waals surface area contributed by atoms with Crippen LogP contribution in [0.25, 0.3) is 0 Å². The van der Waals surface area contributed by atoms with Gasteiger partial charge in [0.2, 0.25) is 0 Å². The highest BCUT2D eigenvalue weighted by Crippen LogP contribution is 2.04. The number of nitrogens with zero attached hydrogens (tertiary/aromatic N) is 5. The van der Waals surface area contributed by atoms with Crippen LogP contribution in [-0.2, 0) is 23.9 Å². The standard InChI is InChI=1S/C25H49N5O11/c31-11-15-40-13-9-30(10-14-41-16-12-32)18-22(33)17-26-1-3-27(19-23(34)35)5-7-29(21-25(38)39)8-6-28(4-2-26)20-24(36)37/h22,31-33H,1-21H2,(H,34,35)(H,36,37)(H,38,39)/p-3. The van der Waals surface area contributed by atoms with Gasteiger partial charge in [0.25, 0.3) is 0 Å². The van der Waals surface area contributed by atoms with Gasteiger partial charge < -0.3 is 54.5 Å². The number of aliphatic carboxylic acids is 3. The van der Waals surface area contributed by atoms with Crippen molar-refractivity contribution in [2.24, 2.45) is 0 Å². The smallest absolute Gasteiger partial charge is 0.0793 e. The number of carboxylic acids is 3. The molecule has 41 heavy (non-hydrogen) atoms. The Morgan fingerprint density at radius 2 is 0.976 bits per heavy atom. The number of aliphatic hydroxyl groups is 3. The average Bonchev–Trinajstić information content (AvgIpc) is 2.89. The van der Waals surface area contributed by atoms with E-state index in [1.54, 1.807) is 14.7 Å². The number of ether oxygens (including phenoxy) is 2. The van der Waals surface area contributed by atoms with Crippen LogP contribution in [0.15, 0.2) is 0 Å². The van der Waals surface area contributed by atoms with Crippen molar-refractivity contribution in [3.63, 3.8) is 0 Å². The van der Waals surface area contributed by atoms with Gasteiger partial charge in [0, 0.05) is 98.2 Å². The zero-order chi connectivity index (χ0) is 30.5. The largest absolute Gasteiger partial charge is 0.549 e. The summed E-state index contributed by atoms with van der Waals surface area (Å²) in [5.74, 6) is -3.82. The van der Waals surface area contributed by atoms with Crippen molar-refractivity contribution in [2.45, 2.75) is 6.10 Å². The molecule has 0 radical (unpaired) electrons. The highest BCUT2D eigenvalue weighted by molar-refractivity contribution is 5.67. The molecule has 3 N–H and O–H groups in total. The molecule has 16 nitrogen and oxygen atoms in total. The number of carbonyl (C=O) groups excluding carboxylic acids is 3. The van der Waals surface area contributed by atoms with Gasteiger partial charge in [0.05, 0.1) is 63.7 Å². The van der Waals surface area contributed by atoms with Crippen LogP contribution >= 0.6 is 0 Å². The predicted molar refractivity (Wildman–Crippen MR) is 139 cm³/mol. The van der Waals surface area contributed by atoms with Gasteiger partial charge in [-0.1, -0.05) is 0 Å². The van der Waals surface area contributed by atoms with E-state index in [0.717, 1.165) is 0 Å². The molecule has 0 amide bonds. The molecule has 0 saturated carbocycles. The van der Waals surface area contributed by atoms with Crippen molar-refractivity contribution in [1.29, 1.82) is 0 Å². The molecule has 1 aliphatic heterocycles. The number of carboxylic acid groups (broad SMARTS) is 3. The zero-order valence-corrected chi connectivity index (χ0v) is 23.8. The lowest BCUT2D eigenvalue weighted by Gasteiger charge is -2.35. The van der Waals surface area contributed by atoms with Crippen LogP contribution in [0, 0.1) is 0 Å². The molecule has 16 heteroatoms. The Bertz CT molecular complexity index is 692. The first kappa shape index (κ1) is 37.0. The van der Waals surface area contributed by atoms with Crippen molar-refractivity contribution < 1.29 is 54.5 Å². The third kappa shape index (κ3) is 19.7. The number of aliphatic hydroxyl groups excluding tert-OH is 3. The van der Waals surface area contributed by atoms with Crippen molar-refractivity contribution >= 4 is 17.9 Å². The molecule has 1 aliphatic rings. The van der Waals surface area contributed by atoms with Crippen molar-refractivity contribution in [3.05, 3.63) is 0 Å². The third-order valence-electron chi connectivity index (χ3n) is 6.50. The van der Waals surface area contributed by atoms with E-state index in [2.05, 4.69) is 0 Å². The summed E-state index contributed by atoms with van der Waals surface area (Å²) in [6, 6.07) is 0. The van der Waals surface area contributed by atoms with E-state index in [0.29, 0.717) is 52.5 Å². The van der Waals surface area contributed by atoms with Gasteiger partial charge in [-0.2, -0.15) is 0 Å². The van der Waals surface area contributed by atoms with E-state index in [1.165, 1.54) is 0 Å².